The van der Waals surface area contributed by atoms with Gasteiger partial charge in [-0.05, 0) is 58.0 Å². The fourth-order valence-corrected chi connectivity index (χ4v) is 3.09. The van der Waals surface area contributed by atoms with Crippen LogP contribution in [0.2, 0.25) is 0 Å². The number of hydrogen-bond donors (Lipinski definition) is 2. The lowest BCUT2D eigenvalue weighted by Crippen LogP contribution is -2.43. The molecule has 2 heterocycles. The highest BCUT2D eigenvalue weighted by Crippen LogP contribution is 2.19. The van der Waals surface area contributed by atoms with Crippen LogP contribution in [-0.2, 0) is 6.54 Å². The zero-order valence-corrected chi connectivity index (χ0v) is 16.6. The van der Waals surface area contributed by atoms with Crippen LogP contribution in [-0.4, -0.2) is 49.1 Å². The summed E-state index contributed by atoms with van der Waals surface area (Å²) in [5.41, 5.74) is 1.01. The third-order valence-corrected chi connectivity index (χ3v) is 4.93. The van der Waals surface area contributed by atoms with Crippen molar-refractivity contribution in [3.05, 3.63) is 17.3 Å². The van der Waals surface area contributed by atoms with Crippen molar-refractivity contribution >= 4 is 5.96 Å². The summed E-state index contributed by atoms with van der Waals surface area (Å²) in [5.74, 6) is 4.12. The third kappa shape index (κ3) is 6.69. The molecule has 1 aromatic heterocycles. The monoisotopic (exact) mass is 349 g/mol. The first-order valence-electron chi connectivity index (χ1n) is 9.57. The first-order chi connectivity index (χ1) is 12.0. The fraction of sp³-hybridized carbons (Fsp3) is 0.789. The van der Waals surface area contributed by atoms with Gasteiger partial charge in [-0.15, -0.1) is 0 Å². The van der Waals surface area contributed by atoms with Crippen LogP contribution in [0.1, 0.15) is 50.5 Å². The number of likely N-dealkylation sites (tertiary alicyclic amines) is 1. The molecular weight excluding hydrogens is 314 g/mol. The van der Waals surface area contributed by atoms with Crippen LogP contribution in [0, 0.1) is 25.7 Å². The van der Waals surface area contributed by atoms with Gasteiger partial charge in [-0.1, -0.05) is 13.8 Å². The molecule has 142 valence electrons. The summed E-state index contributed by atoms with van der Waals surface area (Å²) < 4.78 is 5.70. The Morgan fingerprint density at radius 2 is 2.00 bits per heavy atom. The number of nitrogens with zero attached hydrogens (tertiary/aromatic N) is 3. The van der Waals surface area contributed by atoms with Gasteiger partial charge in [0.15, 0.2) is 5.96 Å². The Labute approximate surface area is 152 Å². The summed E-state index contributed by atoms with van der Waals surface area (Å²) in [4.78, 5) is 11.2. The molecule has 25 heavy (non-hydrogen) atoms. The number of aliphatic imine (C=N–C) groups is 1. The van der Waals surface area contributed by atoms with Gasteiger partial charge >= 0.3 is 0 Å². The van der Waals surface area contributed by atoms with E-state index in [0.29, 0.717) is 11.8 Å². The molecule has 2 N–H and O–H groups in total. The Morgan fingerprint density at radius 1 is 1.28 bits per heavy atom. The van der Waals surface area contributed by atoms with E-state index in [1.54, 1.807) is 0 Å². The number of aromatic nitrogens is 1. The summed E-state index contributed by atoms with van der Waals surface area (Å²) in [6, 6.07) is 0. The Kier molecular flexibility index (Phi) is 7.75. The SMILES string of the molecule is CN=C(NCCC(C)C)NCC1CCN(Cc2nc(C)c(C)o2)CC1. The van der Waals surface area contributed by atoms with Crippen molar-refractivity contribution in [3.63, 3.8) is 0 Å². The molecule has 0 saturated carbocycles. The highest BCUT2D eigenvalue weighted by atomic mass is 16.4. The first-order valence-corrected chi connectivity index (χ1v) is 9.57. The smallest absolute Gasteiger partial charge is 0.208 e. The van der Waals surface area contributed by atoms with Gasteiger partial charge in [-0.25, -0.2) is 4.98 Å². The number of piperidine rings is 1. The normalized spacial score (nSPS) is 17.3. The van der Waals surface area contributed by atoms with Crippen molar-refractivity contribution in [1.82, 2.24) is 20.5 Å². The van der Waals surface area contributed by atoms with E-state index in [2.05, 4.69) is 39.4 Å². The molecule has 6 nitrogen and oxygen atoms in total. The fourth-order valence-electron chi connectivity index (χ4n) is 3.09. The number of nitrogens with one attached hydrogen (secondary N) is 2. The van der Waals surface area contributed by atoms with Crippen molar-refractivity contribution in [3.8, 4) is 0 Å². The maximum absolute atomic E-state index is 5.70. The minimum Gasteiger partial charge on any atom is -0.444 e. The van der Waals surface area contributed by atoms with E-state index in [-0.39, 0.29) is 0 Å². The summed E-state index contributed by atoms with van der Waals surface area (Å²) in [5, 5.41) is 6.87. The maximum atomic E-state index is 5.70. The van der Waals surface area contributed by atoms with E-state index in [0.717, 1.165) is 56.0 Å². The zero-order chi connectivity index (χ0) is 18.2. The molecule has 1 aliphatic heterocycles. The van der Waals surface area contributed by atoms with Crippen LogP contribution in [0.3, 0.4) is 0 Å². The number of rotatable bonds is 7. The molecule has 1 fully saturated rings. The molecule has 0 amide bonds. The average molecular weight is 350 g/mol. The molecular formula is C19H35N5O. The number of guanidine groups is 1. The van der Waals surface area contributed by atoms with E-state index in [9.17, 15) is 0 Å². The maximum Gasteiger partial charge on any atom is 0.208 e. The topological polar surface area (TPSA) is 65.7 Å². The predicted molar refractivity (Wildman–Crippen MR) is 103 cm³/mol. The van der Waals surface area contributed by atoms with Crippen molar-refractivity contribution in [2.45, 2.75) is 53.5 Å². The minimum absolute atomic E-state index is 0.702. The Hall–Kier alpha value is -1.56. The molecule has 2 rings (SSSR count). The van der Waals surface area contributed by atoms with Gasteiger partial charge in [0, 0.05) is 20.1 Å². The lowest BCUT2D eigenvalue weighted by Gasteiger charge is -2.31. The molecule has 1 saturated heterocycles. The molecule has 0 bridgehead atoms. The van der Waals surface area contributed by atoms with Crippen LogP contribution in [0.25, 0.3) is 0 Å². The Balaban J connectivity index is 1.66. The quantitative estimate of drug-likeness (QED) is 0.585. The second-order valence-corrected chi connectivity index (χ2v) is 7.53. The van der Waals surface area contributed by atoms with Crippen LogP contribution >= 0.6 is 0 Å². The molecule has 0 aromatic carbocycles. The van der Waals surface area contributed by atoms with Gasteiger partial charge in [0.1, 0.15) is 5.76 Å². The Morgan fingerprint density at radius 3 is 2.56 bits per heavy atom. The average Bonchev–Trinajstić information content (AvgIpc) is 2.89. The zero-order valence-electron chi connectivity index (χ0n) is 16.6. The summed E-state index contributed by atoms with van der Waals surface area (Å²) >= 11 is 0. The molecule has 0 radical (unpaired) electrons. The first kappa shape index (κ1) is 19.8. The number of hydrogen-bond acceptors (Lipinski definition) is 4. The second-order valence-electron chi connectivity index (χ2n) is 7.53. The van der Waals surface area contributed by atoms with Crippen LogP contribution in [0.15, 0.2) is 9.41 Å². The van der Waals surface area contributed by atoms with Crippen LogP contribution in [0.4, 0.5) is 0 Å². The van der Waals surface area contributed by atoms with E-state index >= 15 is 0 Å². The highest BCUT2D eigenvalue weighted by Gasteiger charge is 2.21. The van der Waals surface area contributed by atoms with Gasteiger partial charge < -0.3 is 15.1 Å². The van der Waals surface area contributed by atoms with Gasteiger partial charge in [0.2, 0.25) is 5.89 Å². The van der Waals surface area contributed by atoms with Gasteiger partial charge in [-0.3, -0.25) is 9.89 Å². The number of aryl methyl sites for hydroxylation is 2. The number of oxazole rings is 1. The summed E-state index contributed by atoms with van der Waals surface area (Å²) in [6.45, 7) is 13.5. The van der Waals surface area contributed by atoms with Gasteiger partial charge in [0.25, 0.3) is 0 Å². The lowest BCUT2D eigenvalue weighted by atomic mass is 9.97. The molecule has 0 atom stereocenters. The largest absolute Gasteiger partial charge is 0.444 e. The molecule has 0 spiro atoms. The van der Waals surface area contributed by atoms with E-state index in [1.807, 2.05) is 20.9 Å². The van der Waals surface area contributed by atoms with E-state index in [4.69, 9.17) is 4.42 Å². The lowest BCUT2D eigenvalue weighted by molar-refractivity contribution is 0.164. The van der Waals surface area contributed by atoms with Gasteiger partial charge in [-0.2, -0.15) is 0 Å². The molecule has 6 heteroatoms. The van der Waals surface area contributed by atoms with Crippen LogP contribution < -0.4 is 10.6 Å². The molecule has 1 aliphatic rings. The highest BCUT2D eigenvalue weighted by molar-refractivity contribution is 5.79. The molecule has 0 aliphatic carbocycles. The Bertz CT molecular complexity index is 525. The van der Waals surface area contributed by atoms with Crippen molar-refractivity contribution in [2.75, 3.05) is 33.2 Å². The summed E-state index contributed by atoms with van der Waals surface area (Å²) in [6.07, 6.45) is 3.57. The minimum atomic E-state index is 0.702. The van der Waals surface area contributed by atoms with Gasteiger partial charge in [0.05, 0.1) is 12.2 Å². The van der Waals surface area contributed by atoms with Crippen molar-refractivity contribution < 1.29 is 4.42 Å². The third-order valence-electron chi connectivity index (χ3n) is 4.93. The second kappa shape index (κ2) is 9.80. The predicted octanol–water partition coefficient (Wildman–Crippen LogP) is 2.71. The van der Waals surface area contributed by atoms with Crippen LogP contribution in [0.5, 0.6) is 0 Å². The van der Waals surface area contributed by atoms with E-state index < -0.39 is 0 Å². The van der Waals surface area contributed by atoms with Crippen molar-refractivity contribution in [2.24, 2.45) is 16.8 Å². The van der Waals surface area contributed by atoms with Crippen molar-refractivity contribution in [1.29, 1.82) is 0 Å². The standard InChI is InChI=1S/C19H35N5O/c1-14(2)6-9-21-19(20-5)22-12-17-7-10-24(11-8-17)13-18-23-15(3)16(4)25-18/h14,17H,6-13H2,1-5H3,(H2,20,21,22). The molecule has 1 aromatic rings. The molecule has 0 unspecified atom stereocenters. The van der Waals surface area contributed by atoms with E-state index in [1.165, 1.54) is 19.3 Å². The summed E-state index contributed by atoms with van der Waals surface area (Å²) in [7, 11) is 1.84.